The summed E-state index contributed by atoms with van der Waals surface area (Å²) >= 11 is 0. The maximum Gasteiger partial charge on any atom is 0.357 e. The summed E-state index contributed by atoms with van der Waals surface area (Å²) in [6.45, 7) is 6.94. The second-order valence-corrected chi connectivity index (χ2v) is 10.1. The Bertz CT molecular complexity index is 980. The zero-order valence-corrected chi connectivity index (χ0v) is 16.8. The Hall–Kier alpha value is -2.07. The topological polar surface area (TPSA) is 63.4 Å². The summed E-state index contributed by atoms with van der Waals surface area (Å²) in [7, 11) is -3.41. The fraction of sp³-hybridized carbons (Fsp3) is 0.333. The van der Waals surface area contributed by atoms with Crippen molar-refractivity contribution in [3.05, 3.63) is 65.9 Å². The van der Waals surface area contributed by atoms with E-state index >= 15 is 0 Å². The third-order valence-corrected chi connectivity index (χ3v) is 6.88. The normalized spacial score (nSPS) is 19.7. The Morgan fingerprint density at radius 3 is 2.44 bits per heavy atom. The number of benzene rings is 2. The fourth-order valence-electron chi connectivity index (χ4n) is 3.21. The summed E-state index contributed by atoms with van der Waals surface area (Å²) in [4.78, 5) is 3.26. The van der Waals surface area contributed by atoms with Gasteiger partial charge in [0.1, 0.15) is 0 Å². The van der Waals surface area contributed by atoms with Crippen molar-refractivity contribution >= 4 is 24.2 Å². The van der Waals surface area contributed by atoms with E-state index in [1.165, 1.54) is 5.56 Å². The molecule has 1 aromatic heterocycles. The molecule has 1 aliphatic heterocycles. The molecule has 2 heterocycles. The molecule has 1 atom stereocenters. The second kappa shape index (κ2) is 6.83. The second-order valence-electron chi connectivity index (χ2n) is 7.95. The molecule has 0 spiro atoms. The van der Waals surface area contributed by atoms with Crippen molar-refractivity contribution in [3.8, 4) is 0 Å². The number of nitrogens with one attached hydrogen (secondary N) is 2. The lowest BCUT2D eigenvalue weighted by molar-refractivity contribution is 0.0388. The van der Waals surface area contributed by atoms with Gasteiger partial charge in [0.25, 0.3) is 0 Å². The van der Waals surface area contributed by atoms with Crippen molar-refractivity contribution < 1.29 is 13.6 Å². The summed E-state index contributed by atoms with van der Waals surface area (Å²) in [6.07, 6.45) is 1.89. The lowest BCUT2D eigenvalue weighted by Gasteiger charge is -2.37. The van der Waals surface area contributed by atoms with Crippen molar-refractivity contribution in [1.82, 2.24) is 4.98 Å². The predicted molar refractivity (Wildman–Crippen MR) is 109 cm³/mol. The van der Waals surface area contributed by atoms with Crippen molar-refractivity contribution in [2.75, 3.05) is 18.5 Å². The minimum atomic E-state index is -3.41. The van der Waals surface area contributed by atoms with Crippen molar-refractivity contribution in [2.24, 2.45) is 5.41 Å². The first-order valence-electron chi connectivity index (χ1n) is 9.14. The maximum absolute atomic E-state index is 13.7. The zero-order chi connectivity index (χ0) is 19.1. The molecular formula is C21H25N2O3P. The van der Waals surface area contributed by atoms with Gasteiger partial charge in [0.2, 0.25) is 0 Å². The molecule has 0 amide bonds. The van der Waals surface area contributed by atoms with E-state index in [-0.39, 0.29) is 5.41 Å². The molecular weight excluding hydrogens is 359 g/mol. The van der Waals surface area contributed by atoms with Crippen LogP contribution in [0.2, 0.25) is 0 Å². The molecule has 27 heavy (non-hydrogen) atoms. The standard InChI is InChI=1S/C21H25N2O3P/c1-15-8-10-16(11-9-15)23-20(27(24)25-13-21(2,3)14-26-27)18-12-22-19-7-5-4-6-17(18)19/h4-12,20,22-23H,13-14H2,1-3H3/t20-/m1/s1. The van der Waals surface area contributed by atoms with E-state index < -0.39 is 13.4 Å². The first-order valence-corrected chi connectivity index (χ1v) is 10.8. The number of anilines is 1. The lowest BCUT2D eigenvalue weighted by atomic mass is 9.97. The van der Waals surface area contributed by atoms with Gasteiger partial charge in [0.05, 0.1) is 13.2 Å². The Kier molecular flexibility index (Phi) is 4.63. The van der Waals surface area contributed by atoms with Gasteiger partial charge in [-0.15, -0.1) is 0 Å². The zero-order valence-electron chi connectivity index (χ0n) is 15.9. The van der Waals surface area contributed by atoms with E-state index in [1.54, 1.807) is 0 Å². The highest BCUT2D eigenvalue weighted by molar-refractivity contribution is 7.54. The highest BCUT2D eigenvalue weighted by Crippen LogP contribution is 2.64. The highest BCUT2D eigenvalue weighted by Gasteiger charge is 2.44. The average molecular weight is 384 g/mol. The molecule has 0 radical (unpaired) electrons. The van der Waals surface area contributed by atoms with Crippen molar-refractivity contribution in [1.29, 1.82) is 0 Å². The monoisotopic (exact) mass is 384 g/mol. The summed E-state index contributed by atoms with van der Waals surface area (Å²) in [5, 5.41) is 4.41. The number of aryl methyl sites for hydroxylation is 1. The summed E-state index contributed by atoms with van der Waals surface area (Å²) in [5.74, 6) is -0.590. The van der Waals surface area contributed by atoms with Crippen LogP contribution in [0.25, 0.3) is 10.9 Å². The van der Waals surface area contributed by atoms with Crippen LogP contribution in [0.1, 0.15) is 30.8 Å². The molecule has 5 nitrogen and oxygen atoms in total. The van der Waals surface area contributed by atoms with Crippen LogP contribution in [0.3, 0.4) is 0 Å². The van der Waals surface area contributed by atoms with Gasteiger partial charge >= 0.3 is 7.60 Å². The SMILES string of the molecule is Cc1ccc(N[C@@H](c2c[nH]c3ccccc23)P2(=O)OCC(C)(C)CO2)cc1. The summed E-state index contributed by atoms with van der Waals surface area (Å²) in [5.41, 5.74) is 3.77. The number of hydrogen-bond acceptors (Lipinski definition) is 4. The molecule has 1 fully saturated rings. The number of aromatic nitrogens is 1. The van der Waals surface area contributed by atoms with Gasteiger partial charge in [-0.05, 0) is 25.1 Å². The van der Waals surface area contributed by atoms with Crippen molar-refractivity contribution in [2.45, 2.75) is 26.6 Å². The molecule has 2 aromatic carbocycles. The number of fused-ring (bicyclic) bond motifs is 1. The van der Waals surface area contributed by atoms with Crippen LogP contribution in [0.5, 0.6) is 0 Å². The van der Waals surface area contributed by atoms with Gasteiger partial charge in [-0.3, -0.25) is 4.57 Å². The number of rotatable bonds is 4. The van der Waals surface area contributed by atoms with Crippen LogP contribution in [-0.2, 0) is 13.6 Å². The van der Waals surface area contributed by atoms with Crippen LogP contribution >= 0.6 is 7.60 Å². The number of aromatic amines is 1. The van der Waals surface area contributed by atoms with Crippen LogP contribution < -0.4 is 5.32 Å². The largest absolute Gasteiger partial charge is 0.368 e. The molecule has 0 unspecified atom stereocenters. The van der Waals surface area contributed by atoms with Gasteiger partial charge in [-0.2, -0.15) is 0 Å². The number of hydrogen-bond donors (Lipinski definition) is 2. The lowest BCUT2D eigenvalue weighted by Crippen LogP contribution is -2.31. The summed E-state index contributed by atoms with van der Waals surface area (Å²) < 4.78 is 25.5. The van der Waals surface area contributed by atoms with Crippen LogP contribution in [0, 0.1) is 12.3 Å². The first-order chi connectivity index (χ1) is 12.9. The Morgan fingerprint density at radius 2 is 1.74 bits per heavy atom. The Labute approximate surface area is 159 Å². The molecule has 0 bridgehead atoms. The molecule has 0 saturated carbocycles. The van der Waals surface area contributed by atoms with Crippen molar-refractivity contribution in [3.63, 3.8) is 0 Å². The van der Waals surface area contributed by atoms with E-state index in [9.17, 15) is 4.57 Å². The number of H-pyrrole nitrogens is 1. The molecule has 1 aliphatic rings. The summed E-state index contributed by atoms with van der Waals surface area (Å²) in [6, 6.07) is 16.0. The molecule has 1 saturated heterocycles. The predicted octanol–water partition coefficient (Wildman–Crippen LogP) is 5.85. The van der Waals surface area contributed by atoms with E-state index in [4.69, 9.17) is 9.05 Å². The third-order valence-electron chi connectivity index (χ3n) is 4.86. The highest BCUT2D eigenvalue weighted by atomic mass is 31.2. The first kappa shape index (κ1) is 18.3. The van der Waals surface area contributed by atoms with Gasteiger partial charge in [-0.25, -0.2) is 0 Å². The van der Waals surface area contributed by atoms with Gasteiger partial charge < -0.3 is 19.3 Å². The van der Waals surface area contributed by atoms with Crippen LogP contribution in [0.4, 0.5) is 5.69 Å². The number of para-hydroxylation sites is 1. The Morgan fingerprint density at radius 1 is 1.07 bits per heavy atom. The fourth-order valence-corrected chi connectivity index (χ4v) is 5.51. The maximum atomic E-state index is 13.7. The van der Waals surface area contributed by atoms with E-state index in [0.29, 0.717) is 13.2 Å². The van der Waals surface area contributed by atoms with Crippen LogP contribution in [0.15, 0.2) is 54.7 Å². The van der Waals surface area contributed by atoms with E-state index in [2.05, 4.69) is 10.3 Å². The molecule has 0 aliphatic carbocycles. The smallest absolute Gasteiger partial charge is 0.357 e. The molecule has 2 N–H and O–H groups in total. The average Bonchev–Trinajstić information content (AvgIpc) is 3.08. The minimum Gasteiger partial charge on any atom is -0.368 e. The van der Waals surface area contributed by atoms with E-state index in [1.807, 2.05) is 75.5 Å². The Balaban J connectivity index is 1.75. The molecule has 6 heteroatoms. The molecule has 3 aromatic rings. The quantitative estimate of drug-likeness (QED) is 0.554. The molecule has 142 valence electrons. The van der Waals surface area contributed by atoms with Gasteiger partial charge in [-0.1, -0.05) is 49.7 Å². The third kappa shape index (κ3) is 3.68. The van der Waals surface area contributed by atoms with Gasteiger partial charge in [0, 0.05) is 33.8 Å². The van der Waals surface area contributed by atoms with E-state index in [0.717, 1.165) is 22.2 Å². The van der Waals surface area contributed by atoms with Gasteiger partial charge in [0.15, 0.2) is 5.78 Å². The minimum absolute atomic E-state index is 0.150. The van der Waals surface area contributed by atoms with Crippen LogP contribution in [-0.4, -0.2) is 18.2 Å². The molecule has 4 rings (SSSR count).